The van der Waals surface area contributed by atoms with Crippen LogP contribution in [0.15, 0.2) is 0 Å². The van der Waals surface area contributed by atoms with Crippen LogP contribution in [0.2, 0.25) is 0 Å². The van der Waals surface area contributed by atoms with Crippen LogP contribution in [0.5, 0.6) is 0 Å². The van der Waals surface area contributed by atoms with Gasteiger partial charge in [0.1, 0.15) is 0 Å². The molecular weight excluding hydrogens is 212 g/mol. The van der Waals surface area contributed by atoms with Crippen LogP contribution in [-0.4, -0.2) is 26.3 Å². The van der Waals surface area contributed by atoms with E-state index < -0.39 is 15.3 Å². The maximum absolute atomic E-state index is 11.4. The molecule has 92 valence electrons. The van der Waals surface area contributed by atoms with Gasteiger partial charge in [0.15, 0.2) is 0 Å². The van der Waals surface area contributed by atoms with Gasteiger partial charge in [0.2, 0.25) is 10.0 Å². The van der Waals surface area contributed by atoms with E-state index in [0.29, 0.717) is 6.54 Å². The highest BCUT2D eigenvalue weighted by atomic mass is 32.2. The molecule has 0 saturated heterocycles. The lowest BCUT2D eigenvalue weighted by molar-refractivity contribution is 0.338. The smallest absolute Gasteiger partial charge is 0.213 e. The first-order chi connectivity index (χ1) is 6.54. The number of hydrogen-bond acceptors (Lipinski definition) is 3. The van der Waals surface area contributed by atoms with E-state index in [9.17, 15) is 8.42 Å². The van der Waals surface area contributed by atoms with Crippen molar-refractivity contribution in [2.45, 2.75) is 52.3 Å². The monoisotopic (exact) mass is 236 g/mol. The van der Waals surface area contributed by atoms with Crippen molar-refractivity contribution in [2.24, 2.45) is 11.1 Å². The summed E-state index contributed by atoms with van der Waals surface area (Å²) in [7, 11) is -3.18. The molecule has 0 aliphatic rings. The van der Waals surface area contributed by atoms with Crippen molar-refractivity contribution < 1.29 is 8.42 Å². The molecule has 5 heteroatoms. The fourth-order valence-electron chi connectivity index (χ4n) is 1.25. The van der Waals surface area contributed by atoms with Gasteiger partial charge in [-0.2, -0.15) is 0 Å². The van der Waals surface area contributed by atoms with E-state index in [1.807, 2.05) is 0 Å². The standard InChI is InChI=1S/C10H24N2O2S/c1-8(2)15(13,14)12-7-9(11)6-10(3,4)5/h8-9,12H,6-7,11H2,1-5H3. The summed E-state index contributed by atoms with van der Waals surface area (Å²) in [6.45, 7) is 9.88. The van der Waals surface area contributed by atoms with Crippen molar-refractivity contribution in [1.29, 1.82) is 0 Å². The van der Waals surface area contributed by atoms with Crippen LogP contribution in [0.4, 0.5) is 0 Å². The Kier molecular flexibility index (Phi) is 5.23. The van der Waals surface area contributed by atoms with E-state index in [1.54, 1.807) is 13.8 Å². The van der Waals surface area contributed by atoms with Gasteiger partial charge in [0, 0.05) is 12.6 Å². The molecule has 0 radical (unpaired) electrons. The van der Waals surface area contributed by atoms with E-state index in [2.05, 4.69) is 25.5 Å². The zero-order valence-electron chi connectivity index (χ0n) is 10.4. The van der Waals surface area contributed by atoms with Gasteiger partial charge in [-0.25, -0.2) is 13.1 Å². The molecule has 15 heavy (non-hydrogen) atoms. The predicted molar refractivity (Wildman–Crippen MR) is 64.1 cm³/mol. The number of sulfonamides is 1. The first-order valence-corrected chi connectivity index (χ1v) is 6.83. The molecule has 0 aromatic heterocycles. The SMILES string of the molecule is CC(C)S(=O)(=O)NCC(N)CC(C)(C)C. The molecule has 0 saturated carbocycles. The van der Waals surface area contributed by atoms with Gasteiger partial charge in [-0.05, 0) is 25.7 Å². The summed E-state index contributed by atoms with van der Waals surface area (Å²) in [5.74, 6) is 0. The Hall–Kier alpha value is -0.130. The van der Waals surface area contributed by atoms with Crippen LogP contribution in [0, 0.1) is 5.41 Å². The second kappa shape index (κ2) is 5.27. The van der Waals surface area contributed by atoms with Crippen LogP contribution < -0.4 is 10.5 Å². The van der Waals surface area contributed by atoms with Gasteiger partial charge in [-0.3, -0.25) is 0 Å². The topological polar surface area (TPSA) is 72.2 Å². The zero-order valence-corrected chi connectivity index (χ0v) is 11.2. The van der Waals surface area contributed by atoms with E-state index >= 15 is 0 Å². The Morgan fingerprint density at radius 2 is 1.73 bits per heavy atom. The predicted octanol–water partition coefficient (Wildman–Crippen LogP) is 1.08. The van der Waals surface area contributed by atoms with Crippen molar-refractivity contribution >= 4 is 10.0 Å². The van der Waals surface area contributed by atoms with Crippen molar-refractivity contribution in [3.8, 4) is 0 Å². The molecule has 0 bridgehead atoms. The highest BCUT2D eigenvalue weighted by Gasteiger charge is 2.19. The quantitative estimate of drug-likeness (QED) is 0.750. The summed E-state index contributed by atoms with van der Waals surface area (Å²) < 4.78 is 25.4. The lowest BCUT2D eigenvalue weighted by Crippen LogP contribution is -2.41. The van der Waals surface area contributed by atoms with Crippen molar-refractivity contribution in [3.63, 3.8) is 0 Å². The molecule has 4 nitrogen and oxygen atoms in total. The van der Waals surface area contributed by atoms with Crippen molar-refractivity contribution in [1.82, 2.24) is 4.72 Å². The fourth-order valence-corrected chi connectivity index (χ4v) is 2.03. The molecule has 0 aromatic rings. The number of nitrogens with one attached hydrogen (secondary N) is 1. The second-order valence-electron chi connectivity index (χ2n) is 5.47. The fraction of sp³-hybridized carbons (Fsp3) is 1.00. The van der Waals surface area contributed by atoms with E-state index in [1.165, 1.54) is 0 Å². The Morgan fingerprint density at radius 3 is 2.07 bits per heavy atom. The molecule has 3 N–H and O–H groups in total. The highest BCUT2D eigenvalue weighted by Crippen LogP contribution is 2.19. The minimum Gasteiger partial charge on any atom is -0.326 e. The first-order valence-electron chi connectivity index (χ1n) is 5.28. The van der Waals surface area contributed by atoms with Crippen LogP contribution in [0.1, 0.15) is 41.0 Å². The molecule has 0 aliphatic carbocycles. The van der Waals surface area contributed by atoms with Gasteiger partial charge >= 0.3 is 0 Å². The normalized spacial score (nSPS) is 15.7. The molecule has 0 spiro atoms. The third kappa shape index (κ3) is 6.87. The molecule has 0 heterocycles. The van der Waals surface area contributed by atoms with Gasteiger partial charge in [0.25, 0.3) is 0 Å². The largest absolute Gasteiger partial charge is 0.326 e. The minimum atomic E-state index is -3.18. The lowest BCUT2D eigenvalue weighted by atomic mass is 9.88. The summed E-state index contributed by atoms with van der Waals surface area (Å²) in [6, 6.07) is -0.126. The van der Waals surface area contributed by atoms with E-state index in [-0.39, 0.29) is 11.5 Å². The van der Waals surface area contributed by atoms with Gasteiger partial charge in [-0.1, -0.05) is 20.8 Å². The molecule has 0 rings (SSSR count). The van der Waals surface area contributed by atoms with Gasteiger partial charge < -0.3 is 5.73 Å². The molecule has 0 amide bonds. The maximum atomic E-state index is 11.4. The lowest BCUT2D eigenvalue weighted by Gasteiger charge is -2.23. The van der Waals surface area contributed by atoms with Gasteiger partial charge in [0.05, 0.1) is 5.25 Å². The maximum Gasteiger partial charge on any atom is 0.213 e. The number of rotatable bonds is 5. The summed E-state index contributed by atoms with van der Waals surface area (Å²) in [6.07, 6.45) is 0.799. The molecule has 0 aromatic carbocycles. The molecular formula is C10H24N2O2S. The Balaban J connectivity index is 4.08. The molecule has 1 unspecified atom stereocenters. The zero-order chi connectivity index (χ0) is 12.3. The van der Waals surface area contributed by atoms with Crippen molar-refractivity contribution in [3.05, 3.63) is 0 Å². The Labute approximate surface area is 93.7 Å². The molecule has 0 aliphatic heterocycles. The Bertz CT molecular complexity index is 278. The summed E-state index contributed by atoms with van der Waals surface area (Å²) in [5.41, 5.74) is 5.97. The van der Waals surface area contributed by atoms with Gasteiger partial charge in [-0.15, -0.1) is 0 Å². The van der Waals surface area contributed by atoms with Crippen molar-refractivity contribution in [2.75, 3.05) is 6.54 Å². The van der Waals surface area contributed by atoms with Crippen LogP contribution >= 0.6 is 0 Å². The van der Waals surface area contributed by atoms with Crippen LogP contribution in [-0.2, 0) is 10.0 Å². The Morgan fingerprint density at radius 1 is 1.27 bits per heavy atom. The summed E-state index contributed by atoms with van der Waals surface area (Å²) in [5, 5.41) is -0.403. The summed E-state index contributed by atoms with van der Waals surface area (Å²) in [4.78, 5) is 0. The van der Waals surface area contributed by atoms with E-state index in [4.69, 9.17) is 5.73 Å². The molecule has 1 atom stereocenters. The summed E-state index contributed by atoms with van der Waals surface area (Å²) >= 11 is 0. The minimum absolute atomic E-state index is 0.126. The number of nitrogens with two attached hydrogens (primary N) is 1. The van der Waals surface area contributed by atoms with E-state index in [0.717, 1.165) is 6.42 Å². The second-order valence-corrected chi connectivity index (χ2v) is 7.79. The highest BCUT2D eigenvalue weighted by molar-refractivity contribution is 7.90. The molecule has 0 fully saturated rings. The van der Waals surface area contributed by atoms with Crippen LogP contribution in [0.25, 0.3) is 0 Å². The average molecular weight is 236 g/mol. The average Bonchev–Trinajstić information content (AvgIpc) is 1.97. The number of hydrogen-bond donors (Lipinski definition) is 2. The third-order valence-electron chi connectivity index (χ3n) is 2.04. The first kappa shape index (κ1) is 14.9. The van der Waals surface area contributed by atoms with Crippen LogP contribution in [0.3, 0.4) is 0 Å². The third-order valence-corrected chi connectivity index (χ3v) is 3.85.